The molecule has 1 N–H and O–H groups in total. The number of nitrogens with one attached hydrogen (secondary N) is 1. The first-order chi connectivity index (χ1) is 22.9. The molecular formula is C37H38Cl3N3O4S. The minimum absolute atomic E-state index is 0.00725. The minimum Gasteiger partial charge on any atom is -0.352 e. The van der Waals surface area contributed by atoms with Crippen LogP contribution in [0.4, 0.5) is 5.69 Å². The van der Waals surface area contributed by atoms with Crippen LogP contribution in [-0.2, 0) is 32.6 Å². The Bertz CT molecular complexity index is 1860. The molecule has 4 aromatic rings. The number of sulfonamides is 1. The smallest absolute Gasteiger partial charge is 0.264 e. The van der Waals surface area contributed by atoms with E-state index in [9.17, 15) is 18.0 Å². The molecule has 0 bridgehead atoms. The number of amides is 2. The highest BCUT2D eigenvalue weighted by atomic mass is 35.5. The van der Waals surface area contributed by atoms with Gasteiger partial charge < -0.3 is 10.2 Å². The van der Waals surface area contributed by atoms with Crippen LogP contribution in [0, 0.1) is 13.8 Å². The Balaban J connectivity index is 1.59. The molecule has 0 aromatic heterocycles. The topological polar surface area (TPSA) is 86.8 Å². The Kier molecular flexibility index (Phi) is 11.7. The quantitative estimate of drug-likeness (QED) is 0.160. The summed E-state index contributed by atoms with van der Waals surface area (Å²) in [4.78, 5) is 30.4. The Morgan fingerprint density at radius 1 is 0.833 bits per heavy atom. The lowest BCUT2D eigenvalue weighted by Gasteiger charge is -2.34. The van der Waals surface area contributed by atoms with Crippen LogP contribution < -0.4 is 9.62 Å². The van der Waals surface area contributed by atoms with Crippen LogP contribution in [0.1, 0.15) is 47.9 Å². The number of anilines is 1. The number of aryl methyl sites for hydroxylation is 2. The molecule has 0 heterocycles. The molecule has 4 aromatic carbocycles. The maximum atomic E-state index is 14.7. The predicted octanol–water partition coefficient (Wildman–Crippen LogP) is 8.16. The Morgan fingerprint density at radius 2 is 1.52 bits per heavy atom. The summed E-state index contributed by atoms with van der Waals surface area (Å²) in [6.07, 6.45) is 3.99. The van der Waals surface area contributed by atoms with Gasteiger partial charge >= 0.3 is 0 Å². The average molecular weight is 727 g/mol. The first kappa shape index (κ1) is 35.7. The zero-order valence-electron chi connectivity index (χ0n) is 26.8. The highest BCUT2D eigenvalue weighted by Gasteiger charge is 2.36. The van der Waals surface area contributed by atoms with Crippen molar-refractivity contribution in [3.05, 3.63) is 128 Å². The Morgan fingerprint density at radius 3 is 2.17 bits per heavy atom. The summed E-state index contributed by atoms with van der Waals surface area (Å²) in [6.45, 7) is 3.03. The van der Waals surface area contributed by atoms with Crippen molar-refractivity contribution in [3.8, 4) is 0 Å². The molecular weight excluding hydrogens is 689 g/mol. The molecule has 1 fully saturated rings. The van der Waals surface area contributed by atoms with E-state index in [2.05, 4.69) is 5.32 Å². The Hall–Kier alpha value is -3.56. The lowest BCUT2D eigenvalue weighted by atomic mass is 10.0. The fourth-order valence-electron chi connectivity index (χ4n) is 6.01. The van der Waals surface area contributed by atoms with Crippen LogP contribution in [0.2, 0.25) is 15.1 Å². The van der Waals surface area contributed by atoms with E-state index in [1.54, 1.807) is 55.5 Å². The zero-order chi connectivity index (χ0) is 34.4. The van der Waals surface area contributed by atoms with E-state index in [1.807, 2.05) is 37.3 Å². The standard InChI is InChI=1S/C37H38Cl3N3O4S/c1-25-12-16-31(17-13-25)48(46,47)43(34-19-15-29(38)20-26(34)2)24-36(44)42(23-28-14-18-32(39)33(40)21-28)35(22-27-8-4-3-5-9-27)37(45)41-30-10-6-7-11-30/h3-5,8-9,12-21,30,35H,6-7,10-11,22-24H2,1-2H3,(H,41,45)/t35-/m1/s1. The number of halogens is 3. The number of hydrogen-bond donors (Lipinski definition) is 1. The molecule has 1 atom stereocenters. The summed E-state index contributed by atoms with van der Waals surface area (Å²) in [5, 5.41) is 4.27. The summed E-state index contributed by atoms with van der Waals surface area (Å²) >= 11 is 18.9. The second-order valence-electron chi connectivity index (χ2n) is 12.2. The molecule has 0 spiro atoms. The number of hydrogen-bond acceptors (Lipinski definition) is 4. The average Bonchev–Trinajstić information content (AvgIpc) is 3.57. The van der Waals surface area contributed by atoms with Crippen LogP contribution in [-0.4, -0.2) is 43.8 Å². The third kappa shape index (κ3) is 8.72. The summed E-state index contributed by atoms with van der Waals surface area (Å²) < 4.78 is 29.7. The maximum Gasteiger partial charge on any atom is 0.264 e. The lowest BCUT2D eigenvalue weighted by Crippen LogP contribution is -2.54. The summed E-state index contributed by atoms with van der Waals surface area (Å²) in [6, 6.07) is 24.8. The molecule has 11 heteroatoms. The van der Waals surface area contributed by atoms with Gasteiger partial charge in [0, 0.05) is 24.0 Å². The van der Waals surface area contributed by atoms with Gasteiger partial charge in [-0.25, -0.2) is 8.42 Å². The van der Waals surface area contributed by atoms with Gasteiger partial charge in [0.15, 0.2) is 0 Å². The van der Waals surface area contributed by atoms with Crippen molar-refractivity contribution >= 4 is 62.3 Å². The van der Waals surface area contributed by atoms with Crippen LogP contribution >= 0.6 is 34.8 Å². The molecule has 1 saturated carbocycles. The van der Waals surface area contributed by atoms with E-state index >= 15 is 0 Å². The molecule has 1 aliphatic rings. The molecule has 2 amide bonds. The van der Waals surface area contributed by atoms with Gasteiger partial charge in [-0.1, -0.05) is 102 Å². The minimum atomic E-state index is -4.24. The van der Waals surface area contributed by atoms with Crippen LogP contribution in [0.15, 0.2) is 95.9 Å². The normalized spacial score (nSPS) is 14.0. The van der Waals surface area contributed by atoms with Crippen LogP contribution in [0.25, 0.3) is 0 Å². The molecule has 0 unspecified atom stereocenters. The Labute approximate surface area is 297 Å². The molecule has 1 aliphatic carbocycles. The van der Waals surface area contributed by atoms with Gasteiger partial charge in [0.2, 0.25) is 11.8 Å². The highest BCUT2D eigenvalue weighted by molar-refractivity contribution is 7.92. The zero-order valence-corrected chi connectivity index (χ0v) is 29.9. The summed E-state index contributed by atoms with van der Waals surface area (Å²) in [7, 11) is -4.24. The van der Waals surface area contributed by atoms with Gasteiger partial charge in [0.1, 0.15) is 12.6 Å². The van der Waals surface area contributed by atoms with Gasteiger partial charge in [-0.05, 0) is 85.8 Å². The third-order valence-electron chi connectivity index (χ3n) is 8.62. The fourth-order valence-corrected chi connectivity index (χ4v) is 8.03. The number of nitrogens with zero attached hydrogens (tertiary/aromatic N) is 2. The number of carbonyl (C=O) groups is 2. The van der Waals surface area contributed by atoms with Crippen molar-refractivity contribution in [2.45, 2.75) is 69.5 Å². The van der Waals surface area contributed by atoms with Crippen molar-refractivity contribution in [1.82, 2.24) is 10.2 Å². The van der Waals surface area contributed by atoms with E-state index in [0.717, 1.165) is 41.1 Å². The predicted molar refractivity (Wildman–Crippen MR) is 193 cm³/mol. The maximum absolute atomic E-state index is 14.7. The van der Waals surface area contributed by atoms with Gasteiger partial charge in [-0.2, -0.15) is 0 Å². The van der Waals surface area contributed by atoms with Crippen molar-refractivity contribution in [3.63, 3.8) is 0 Å². The van der Waals surface area contributed by atoms with E-state index < -0.39 is 28.5 Å². The molecule has 48 heavy (non-hydrogen) atoms. The monoisotopic (exact) mass is 725 g/mol. The van der Waals surface area contributed by atoms with Crippen molar-refractivity contribution < 1.29 is 18.0 Å². The van der Waals surface area contributed by atoms with Crippen molar-refractivity contribution in [2.24, 2.45) is 0 Å². The van der Waals surface area contributed by atoms with Gasteiger partial charge in [-0.15, -0.1) is 0 Å². The van der Waals surface area contributed by atoms with Gasteiger partial charge in [-0.3, -0.25) is 13.9 Å². The fraction of sp³-hybridized carbons (Fsp3) is 0.297. The van der Waals surface area contributed by atoms with E-state index in [1.165, 1.54) is 17.0 Å². The summed E-state index contributed by atoms with van der Waals surface area (Å²) in [5.41, 5.74) is 3.26. The number of rotatable bonds is 12. The molecule has 252 valence electrons. The lowest BCUT2D eigenvalue weighted by molar-refractivity contribution is -0.140. The molecule has 7 nitrogen and oxygen atoms in total. The van der Waals surface area contributed by atoms with Gasteiger partial charge in [0.05, 0.1) is 20.6 Å². The van der Waals surface area contributed by atoms with E-state index in [-0.39, 0.29) is 29.8 Å². The van der Waals surface area contributed by atoms with Crippen LogP contribution in [0.3, 0.4) is 0 Å². The first-order valence-electron chi connectivity index (χ1n) is 15.9. The molecule has 5 rings (SSSR count). The van der Waals surface area contributed by atoms with E-state index in [0.29, 0.717) is 31.9 Å². The second-order valence-corrected chi connectivity index (χ2v) is 15.3. The number of carbonyl (C=O) groups excluding carboxylic acids is 2. The molecule has 0 aliphatic heterocycles. The number of benzene rings is 4. The highest BCUT2D eigenvalue weighted by Crippen LogP contribution is 2.30. The first-order valence-corrected chi connectivity index (χ1v) is 18.4. The van der Waals surface area contributed by atoms with E-state index in [4.69, 9.17) is 34.8 Å². The second kappa shape index (κ2) is 15.8. The molecule has 0 saturated heterocycles. The van der Waals surface area contributed by atoms with Crippen molar-refractivity contribution in [1.29, 1.82) is 0 Å². The van der Waals surface area contributed by atoms with Crippen LogP contribution in [0.5, 0.6) is 0 Å². The SMILES string of the molecule is Cc1ccc(S(=O)(=O)N(CC(=O)N(Cc2ccc(Cl)c(Cl)c2)[C@H](Cc2ccccc2)C(=O)NC2CCCC2)c2ccc(Cl)cc2C)cc1. The van der Waals surface area contributed by atoms with Gasteiger partial charge in [0.25, 0.3) is 10.0 Å². The molecule has 0 radical (unpaired) electrons. The summed E-state index contributed by atoms with van der Waals surface area (Å²) in [5.74, 6) is -0.858. The third-order valence-corrected chi connectivity index (χ3v) is 11.4. The van der Waals surface area contributed by atoms with Crippen molar-refractivity contribution in [2.75, 3.05) is 10.8 Å². The largest absolute Gasteiger partial charge is 0.352 e.